The van der Waals surface area contributed by atoms with Gasteiger partial charge in [-0.05, 0) is 74.7 Å². The summed E-state index contributed by atoms with van der Waals surface area (Å²) in [5.41, 5.74) is 3.88. The number of aromatic nitrogens is 1. The second-order valence-electron chi connectivity index (χ2n) is 9.01. The predicted octanol–water partition coefficient (Wildman–Crippen LogP) is 4.22. The minimum atomic E-state index is 0.00695. The molecule has 0 aliphatic carbocycles. The van der Waals surface area contributed by atoms with Crippen molar-refractivity contribution < 1.29 is 19.0 Å². The normalized spacial score (nSPS) is 16.4. The lowest BCUT2D eigenvalue weighted by atomic mass is 9.95. The van der Waals surface area contributed by atoms with Gasteiger partial charge in [0.1, 0.15) is 13.2 Å². The zero-order valence-electron chi connectivity index (χ0n) is 19.8. The van der Waals surface area contributed by atoms with E-state index in [1.54, 1.807) is 7.11 Å². The molecule has 2 aliphatic heterocycles. The number of aryl methyl sites for hydroxylation is 1. The number of methoxy groups -OCH3 is 1. The molecule has 0 spiro atoms. The van der Waals surface area contributed by atoms with Crippen LogP contribution >= 0.6 is 0 Å². The minimum Gasteiger partial charge on any atom is -0.486 e. The number of nitrogens with zero attached hydrogens (tertiary/aromatic N) is 2. The molecule has 34 heavy (non-hydrogen) atoms. The molecule has 0 atom stereocenters. The van der Waals surface area contributed by atoms with Crippen LogP contribution in [0.3, 0.4) is 0 Å². The number of amides is 1. The predicted molar refractivity (Wildman–Crippen MR) is 132 cm³/mol. The van der Waals surface area contributed by atoms with Crippen LogP contribution in [0.5, 0.6) is 17.4 Å². The molecule has 3 aromatic rings. The van der Waals surface area contributed by atoms with Gasteiger partial charge in [0.25, 0.3) is 0 Å². The number of ether oxygens (including phenoxy) is 3. The molecule has 1 N–H and O–H groups in total. The van der Waals surface area contributed by atoms with E-state index in [2.05, 4.69) is 27.3 Å². The van der Waals surface area contributed by atoms with Gasteiger partial charge in [-0.2, -0.15) is 0 Å². The van der Waals surface area contributed by atoms with Gasteiger partial charge in [-0.3, -0.25) is 4.79 Å². The van der Waals surface area contributed by atoms with E-state index in [1.807, 2.05) is 37.3 Å². The molecule has 0 radical (unpaired) electrons. The molecule has 0 saturated carbocycles. The molecule has 1 fully saturated rings. The molecule has 0 bridgehead atoms. The molecule has 2 aromatic carbocycles. The van der Waals surface area contributed by atoms with Gasteiger partial charge < -0.3 is 24.4 Å². The number of anilines is 1. The maximum Gasteiger partial charge on any atom is 0.227 e. The third-order valence-corrected chi connectivity index (χ3v) is 6.80. The summed E-state index contributed by atoms with van der Waals surface area (Å²) >= 11 is 0. The number of carbonyl (C=O) groups excluding carboxylic acids is 1. The topological polar surface area (TPSA) is 72.9 Å². The monoisotopic (exact) mass is 461 g/mol. The molecule has 1 amide bonds. The Morgan fingerprint density at radius 1 is 1.09 bits per heavy atom. The van der Waals surface area contributed by atoms with E-state index in [0.717, 1.165) is 72.5 Å². The maximum absolute atomic E-state index is 13.1. The zero-order chi connectivity index (χ0) is 23.5. The van der Waals surface area contributed by atoms with Gasteiger partial charge in [0, 0.05) is 23.9 Å². The molecule has 178 valence electrons. The maximum atomic E-state index is 13.1. The Kier molecular flexibility index (Phi) is 6.54. The van der Waals surface area contributed by atoms with Gasteiger partial charge in [-0.25, -0.2) is 4.98 Å². The van der Waals surface area contributed by atoms with Crippen molar-refractivity contribution in [2.45, 2.75) is 26.2 Å². The van der Waals surface area contributed by atoms with Crippen LogP contribution < -0.4 is 19.5 Å². The lowest BCUT2D eigenvalue weighted by Crippen LogP contribution is -2.39. The highest BCUT2D eigenvalue weighted by Crippen LogP contribution is 2.31. The molecule has 7 nitrogen and oxygen atoms in total. The summed E-state index contributed by atoms with van der Waals surface area (Å²) in [6, 6.07) is 14.0. The van der Waals surface area contributed by atoms with E-state index in [0.29, 0.717) is 19.1 Å². The van der Waals surface area contributed by atoms with Crippen LogP contribution in [0.4, 0.5) is 5.69 Å². The summed E-state index contributed by atoms with van der Waals surface area (Å²) in [6.07, 6.45) is 2.66. The molecule has 1 aromatic heterocycles. The average Bonchev–Trinajstić information content (AvgIpc) is 2.89. The fraction of sp³-hybridized carbons (Fsp3) is 0.407. The first-order valence-corrected chi connectivity index (χ1v) is 12.0. The van der Waals surface area contributed by atoms with Crippen molar-refractivity contribution in [3.8, 4) is 17.4 Å². The Morgan fingerprint density at radius 2 is 1.88 bits per heavy atom. The van der Waals surface area contributed by atoms with Crippen LogP contribution in [0.25, 0.3) is 10.9 Å². The van der Waals surface area contributed by atoms with Crippen molar-refractivity contribution in [2.24, 2.45) is 5.92 Å². The number of rotatable bonds is 6. The second-order valence-corrected chi connectivity index (χ2v) is 9.01. The Hall–Kier alpha value is -3.32. The quantitative estimate of drug-likeness (QED) is 0.593. The number of piperidine rings is 1. The van der Waals surface area contributed by atoms with Gasteiger partial charge in [-0.15, -0.1) is 0 Å². The number of hydrogen-bond acceptors (Lipinski definition) is 6. The van der Waals surface area contributed by atoms with Crippen molar-refractivity contribution in [1.29, 1.82) is 0 Å². The highest BCUT2D eigenvalue weighted by atomic mass is 16.6. The largest absolute Gasteiger partial charge is 0.486 e. The number of carbonyl (C=O) groups is 1. The van der Waals surface area contributed by atoms with Crippen LogP contribution in [0.1, 0.15) is 24.0 Å². The highest BCUT2D eigenvalue weighted by molar-refractivity contribution is 6.02. The first-order valence-electron chi connectivity index (χ1n) is 12.0. The number of nitrogens with one attached hydrogen (secondary N) is 1. The third-order valence-electron chi connectivity index (χ3n) is 6.80. The molecular formula is C27H31N3O4. The molecular weight excluding hydrogens is 430 g/mol. The first-order chi connectivity index (χ1) is 16.6. The Bertz CT molecular complexity index is 1190. The summed E-state index contributed by atoms with van der Waals surface area (Å²) in [4.78, 5) is 20.1. The number of benzene rings is 2. The summed E-state index contributed by atoms with van der Waals surface area (Å²) in [6.45, 7) is 6.07. The minimum absolute atomic E-state index is 0.00695. The van der Waals surface area contributed by atoms with E-state index < -0.39 is 0 Å². The van der Waals surface area contributed by atoms with Crippen LogP contribution in [-0.2, 0) is 11.2 Å². The second kappa shape index (κ2) is 9.89. The zero-order valence-corrected chi connectivity index (χ0v) is 19.8. The van der Waals surface area contributed by atoms with E-state index in [9.17, 15) is 4.79 Å². The molecule has 5 rings (SSSR count). The van der Waals surface area contributed by atoms with Gasteiger partial charge >= 0.3 is 0 Å². The van der Waals surface area contributed by atoms with Gasteiger partial charge in [-0.1, -0.05) is 12.1 Å². The van der Waals surface area contributed by atoms with Crippen LogP contribution in [-0.4, -0.2) is 55.7 Å². The molecule has 1 saturated heterocycles. The fourth-order valence-electron chi connectivity index (χ4n) is 4.74. The van der Waals surface area contributed by atoms with E-state index >= 15 is 0 Å². The van der Waals surface area contributed by atoms with Crippen LogP contribution in [0.15, 0.2) is 42.5 Å². The first kappa shape index (κ1) is 22.5. The highest BCUT2D eigenvalue weighted by Gasteiger charge is 2.25. The summed E-state index contributed by atoms with van der Waals surface area (Å²) in [5, 5.41) is 4.15. The molecule has 2 aliphatic rings. The van der Waals surface area contributed by atoms with E-state index in [-0.39, 0.29) is 11.8 Å². The summed E-state index contributed by atoms with van der Waals surface area (Å²) in [7, 11) is 1.60. The number of likely N-dealkylation sites (tertiary alicyclic amines) is 1. The molecule has 0 unspecified atom stereocenters. The van der Waals surface area contributed by atoms with Crippen molar-refractivity contribution in [1.82, 2.24) is 9.88 Å². The van der Waals surface area contributed by atoms with Gasteiger partial charge in [0.2, 0.25) is 11.8 Å². The van der Waals surface area contributed by atoms with Crippen molar-refractivity contribution in [3.05, 3.63) is 53.6 Å². The van der Waals surface area contributed by atoms with Crippen molar-refractivity contribution in [2.75, 3.05) is 45.3 Å². The van der Waals surface area contributed by atoms with E-state index in [1.165, 1.54) is 5.56 Å². The van der Waals surface area contributed by atoms with Crippen molar-refractivity contribution >= 4 is 22.5 Å². The third kappa shape index (κ3) is 4.80. The smallest absolute Gasteiger partial charge is 0.227 e. The van der Waals surface area contributed by atoms with Crippen LogP contribution in [0.2, 0.25) is 0 Å². The standard InChI is InChI=1S/C27H31N3O4/c1-18-3-6-22(26-21(18)5-8-25(29-26)32-2)28-27(31)20-10-13-30(14-11-20)12-9-19-4-7-23-24(17-19)34-16-15-33-23/h3-8,17,20H,9-16H2,1-2H3,(H,28,31). The Balaban J connectivity index is 1.16. The fourth-order valence-corrected chi connectivity index (χ4v) is 4.74. The lowest BCUT2D eigenvalue weighted by molar-refractivity contribution is -0.121. The summed E-state index contributed by atoms with van der Waals surface area (Å²) < 4.78 is 16.6. The average molecular weight is 462 g/mol. The molecule has 3 heterocycles. The van der Waals surface area contributed by atoms with E-state index in [4.69, 9.17) is 14.2 Å². The van der Waals surface area contributed by atoms with Gasteiger partial charge in [0.15, 0.2) is 11.5 Å². The van der Waals surface area contributed by atoms with Gasteiger partial charge in [0.05, 0.1) is 18.3 Å². The number of pyridine rings is 1. The number of hydrogen-bond donors (Lipinski definition) is 1. The van der Waals surface area contributed by atoms with Crippen molar-refractivity contribution in [3.63, 3.8) is 0 Å². The Labute approximate surface area is 200 Å². The lowest BCUT2D eigenvalue weighted by Gasteiger charge is -2.31. The number of fused-ring (bicyclic) bond motifs is 2. The van der Waals surface area contributed by atoms with Crippen LogP contribution in [0, 0.1) is 12.8 Å². The molecule has 7 heteroatoms. The SMILES string of the molecule is COc1ccc2c(C)ccc(NC(=O)C3CCN(CCc4ccc5c(c4)OCCO5)CC3)c2n1. The Morgan fingerprint density at radius 3 is 2.68 bits per heavy atom. The summed E-state index contributed by atoms with van der Waals surface area (Å²) in [5.74, 6) is 2.29.